The predicted octanol–water partition coefficient (Wildman–Crippen LogP) is 3.12. The van der Waals surface area contributed by atoms with Gasteiger partial charge in [0.05, 0.1) is 6.61 Å². The maximum atomic E-state index is 12.7. The van der Waals surface area contributed by atoms with Gasteiger partial charge in [0.25, 0.3) is 11.8 Å². The zero-order valence-electron chi connectivity index (χ0n) is 17.9. The number of carbonyl (C=O) groups excluding carboxylic acids is 3. The third kappa shape index (κ3) is 5.84. The maximum absolute atomic E-state index is 12.7. The van der Waals surface area contributed by atoms with Gasteiger partial charge in [0.2, 0.25) is 0 Å². The number of fused-ring (bicyclic) bond motifs is 1. The van der Waals surface area contributed by atoms with Gasteiger partial charge in [0.15, 0.2) is 6.10 Å². The second-order valence-electron chi connectivity index (χ2n) is 7.41. The molecule has 2 amide bonds. The number of para-hydroxylation sites is 1. The van der Waals surface area contributed by atoms with Gasteiger partial charge in [-0.1, -0.05) is 31.5 Å². The molecule has 0 saturated carbocycles. The summed E-state index contributed by atoms with van der Waals surface area (Å²) in [5.41, 5.74) is 2.36. The summed E-state index contributed by atoms with van der Waals surface area (Å²) < 4.78 is 10.8. The molecule has 7 heteroatoms. The molecule has 0 fully saturated rings. The van der Waals surface area contributed by atoms with Crippen LogP contribution in [0.15, 0.2) is 48.5 Å². The Balaban J connectivity index is 1.45. The van der Waals surface area contributed by atoms with Crippen LogP contribution >= 0.6 is 0 Å². The van der Waals surface area contributed by atoms with E-state index in [9.17, 15) is 14.4 Å². The van der Waals surface area contributed by atoms with Gasteiger partial charge >= 0.3 is 5.97 Å². The Kier molecular flexibility index (Phi) is 7.65. The molecule has 7 nitrogen and oxygen atoms in total. The molecular formula is C24H28N2O5. The van der Waals surface area contributed by atoms with Gasteiger partial charge in [-0.15, -0.1) is 0 Å². The van der Waals surface area contributed by atoms with Crippen LogP contribution in [-0.4, -0.2) is 43.6 Å². The molecule has 0 spiro atoms. The van der Waals surface area contributed by atoms with Gasteiger partial charge in [-0.3, -0.25) is 14.4 Å². The molecule has 0 radical (unpaired) electrons. The highest BCUT2D eigenvalue weighted by molar-refractivity contribution is 5.99. The SMILES string of the molecule is CCCCOc1ccc(C(=O)NCC(=O)O[C@@H](C)C(=O)N2CCc3ccccc32)cc1. The normalized spacial score (nSPS) is 13.3. The number of rotatable bonds is 9. The van der Waals surface area contributed by atoms with Crippen molar-refractivity contribution in [3.8, 4) is 5.75 Å². The number of benzene rings is 2. The van der Waals surface area contributed by atoms with Crippen LogP contribution in [0.5, 0.6) is 5.75 Å². The van der Waals surface area contributed by atoms with E-state index in [0.29, 0.717) is 24.5 Å². The first kappa shape index (κ1) is 22.3. The maximum Gasteiger partial charge on any atom is 0.326 e. The molecule has 0 aromatic heterocycles. The molecule has 31 heavy (non-hydrogen) atoms. The molecule has 2 aromatic rings. The molecule has 1 atom stereocenters. The second-order valence-corrected chi connectivity index (χ2v) is 7.41. The number of esters is 1. The van der Waals surface area contributed by atoms with E-state index in [2.05, 4.69) is 12.2 Å². The van der Waals surface area contributed by atoms with Gasteiger partial charge < -0.3 is 19.7 Å². The lowest BCUT2D eigenvalue weighted by atomic mass is 10.2. The highest BCUT2D eigenvalue weighted by atomic mass is 16.5. The fraction of sp³-hybridized carbons (Fsp3) is 0.375. The number of anilines is 1. The summed E-state index contributed by atoms with van der Waals surface area (Å²) >= 11 is 0. The van der Waals surface area contributed by atoms with E-state index in [1.165, 1.54) is 0 Å². The molecule has 3 rings (SSSR count). The summed E-state index contributed by atoms with van der Waals surface area (Å²) in [5, 5.41) is 2.52. The van der Waals surface area contributed by atoms with Crippen molar-refractivity contribution in [2.24, 2.45) is 0 Å². The third-order valence-electron chi connectivity index (χ3n) is 5.09. The number of carbonyl (C=O) groups is 3. The van der Waals surface area contributed by atoms with Gasteiger partial charge in [-0.25, -0.2) is 0 Å². The quantitative estimate of drug-likeness (QED) is 0.494. The minimum atomic E-state index is -0.935. The molecule has 0 saturated heterocycles. The Hall–Kier alpha value is -3.35. The van der Waals surface area contributed by atoms with Gasteiger partial charge in [0.1, 0.15) is 12.3 Å². The molecule has 2 aromatic carbocycles. The fourth-order valence-electron chi connectivity index (χ4n) is 3.37. The van der Waals surface area contributed by atoms with E-state index >= 15 is 0 Å². The van der Waals surface area contributed by atoms with Crippen LogP contribution < -0.4 is 15.0 Å². The van der Waals surface area contributed by atoms with Crippen LogP contribution in [0.1, 0.15) is 42.6 Å². The van der Waals surface area contributed by atoms with Crippen molar-refractivity contribution in [3.63, 3.8) is 0 Å². The minimum Gasteiger partial charge on any atom is -0.494 e. The first-order chi connectivity index (χ1) is 15.0. The lowest BCUT2D eigenvalue weighted by Gasteiger charge is -2.21. The Morgan fingerprint density at radius 2 is 1.84 bits per heavy atom. The first-order valence-corrected chi connectivity index (χ1v) is 10.6. The molecule has 1 aliphatic rings. The topological polar surface area (TPSA) is 84.9 Å². The van der Waals surface area contributed by atoms with Crippen molar-refractivity contribution >= 4 is 23.5 Å². The van der Waals surface area contributed by atoms with Gasteiger partial charge in [-0.05, 0) is 55.7 Å². The summed E-state index contributed by atoms with van der Waals surface area (Å²) in [7, 11) is 0. The third-order valence-corrected chi connectivity index (χ3v) is 5.09. The van der Waals surface area contributed by atoms with Crippen molar-refractivity contribution in [2.45, 2.75) is 39.2 Å². The zero-order valence-corrected chi connectivity index (χ0v) is 17.9. The lowest BCUT2D eigenvalue weighted by molar-refractivity contribution is -0.152. The smallest absolute Gasteiger partial charge is 0.326 e. The summed E-state index contributed by atoms with van der Waals surface area (Å²) in [5.74, 6) is -0.644. The standard InChI is InChI=1S/C24H28N2O5/c1-3-4-15-30-20-11-9-19(10-12-20)23(28)25-16-22(27)31-17(2)24(29)26-14-13-18-7-5-6-8-21(18)26/h5-12,17H,3-4,13-16H2,1-2H3,(H,25,28)/t17-/m0/s1. The molecule has 1 aliphatic heterocycles. The molecular weight excluding hydrogens is 396 g/mol. The molecule has 1 heterocycles. The number of nitrogens with one attached hydrogen (secondary N) is 1. The van der Waals surface area contributed by atoms with Crippen molar-refractivity contribution in [2.75, 3.05) is 24.6 Å². The van der Waals surface area contributed by atoms with E-state index in [0.717, 1.165) is 30.5 Å². The van der Waals surface area contributed by atoms with E-state index in [4.69, 9.17) is 9.47 Å². The van der Waals surface area contributed by atoms with E-state index < -0.39 is 18.0 Å². The molecule has 1 N–H and O–H groups in total. The molecule has 0 aliphatic carbocycles. The van der Waals surface area contributed by atoms with Crippen LogP contribution in [0.25, 0.3) is 0 Å². The van der Waals surface area contributed by atoms with Crippen molar-refractivity contribution in [3.05, 3.63) is 59.7 Å². The summed E-state index contributed by atoms with van der Waals surface area (Å²) in [6.07, 6.45) is 1.86. The second kappa shape index (κ2) is 10.6. The Labute approximate surface area is 182 Å². The van der Waals surface area contributed by atoms with E-state index in [1.54, 1.807) is 36.1 Å². The average molecular weight is 424 g/mol. The molecule has 0 unspecified atom stereocenters. The lowest BCUT2D eigenvalue weighted by Crippen LogP contribution is -2.41. The number of ether oxygens (including phenoxy) is 2. The average Bonchev–Trinajstić information content (AvgIpc) is 3.21. The number of hydrogen-bond acceptors (Lipinski definition) is 5. The summed E-state index contributed by atoms with van der Waals surface area (Å²) in [6.45, 7) is 4.51. The highest BCUT2D eigenvalue weighted by Gasteiger charge is 2.29. The number of nitrogens with zero attached hydrogens (tertiary/aromatic N) is 1. The van der Waals surface area contributed by atoms with Crippen molar-refractivity contribution in [1.82, 2.24) is 5.32 Å². The number of unbranched alkanes of at least 4 members (excludes halogenated alkanes) is 1. The number of hydrogen-bond donors (Lipinski definition) is 1. The Bertz CT molecular complexity index is 926. The van der Waals surface area contributed by atoms with Gasteiger partial charge in [-0.2, -0.15) is 0 Å². The number of amides is 2. The predicted molar refractivity (Wildman–Crippen MR) is 117 cm³/mol. The molecule has 164 valence electrons. The van der Waals surface area contributed by atoms with Crippen LogP contribution in [0.4, 0.5) is 5.69 Å². The van der Waals surface area contributed by atoms with Gasteiger partial charge in [0, 0.05) is 17.8 Å². The van der Waals surface area contributed by atoms with Crippen molar-refractivity contribution in [1.29, 1.82) is 0 Å². The van der Waals surface area contributed by atoms with Crippen LogP contribution in [-0.2, 0) is 20.7 Å². The zero-order chi connectivity index (χ0) is 22.2. The van der Waals surface area contributed by atoms with E-state index in [-0.39, 0.29) is 12.5 Å². The summed E-state index contributed by atoms with van der Waals surface area (Å²) in [6, 6.07) is 14.4. The first-order valence-electron chi connectivity index (χ1n) is 10.6. The fourth-order valence-corrected chi connectivity index (χ4v) is 3.37. The van der Waals surface area contributed by atoms with Crippen LogP contribution in [0, 0.1) is 0 Å². The van der Waals surface area contributed by atoms with E-state index in [1.807, 2.05) is 24.3 Å². The highest BCUT2D eigenvalue weighted by Crippen LogP contribution is 2.28. The largest absolute Gasteiger partial charge is 0.494 e. The Morgan fingerprint density at radius 3 is 2.58 bits per heavy atom. The van der Waals surface area contributed by atoms with Crippen LogP contribution in [0.2, 0.25) is 0 Å². The monoisotopic (exact) mass is 424 g/mol. The Morgan fingerprint density at radius 1 is 1.10 bits per heavy atom. The summed E-state index contributed by atoms with van der Waals surface area (Å²) in [4.78, 5) is 38.7. The van der Waals surface area contributed by atoms with Crippen molar-refractivity contribution < 1.29 is 23.9 Å². The van der Waals surface area contributed by atoms with Crippen LogP contribution in [0.3, 0.4) is 0 Å². The molecule has 0 bridgehead atoms. The minimum absolute atomic E-state index is 0.275.